The molecule has 0 radical (unpaired) electrons. The van der Waals surface area contributed by atoms with Crippen molar-refractivity contribution in [3.05, 3.63) is 52.8 Å². The third kappa shape index (κ3) is 5.17. The maximum Gasteiger partial charge on any atom is 0.132 e. The highest BCUT2D eigenvalue weighted by Crippen LogP contribution is 2.24. The summed E-state index contributed by atoms with van der Waals surface area (Å²) in [5, 5.41) is 0.757. The Morgan fingerprint density at radius 1 is 1.00 bits per heavy atom. The Morgan fingerprint density at radius 2 is 1.56 bits per heavy atom. The van der Waals surface area contributed by atoms with E-state index in [0.717, 1.165) is 10.6 Å². The highest BCUT2D eigenvalue weighted by molar-refractivity contribution is 8.00. The van der Waals surface area contributed by atoms with Crippen LogP contribution in [0.2, 0.25) is 10.3 Å². The lowest BCUT2D eigenvalue weighted by molar-refractivity contribution is 1.33. The largest absolute Gasteiger partial charge is 0.325 e. The molecule has 0 spiro atoms. The number of nitrogens with one attached hydrogen (secondary N) is 1. The lowest BCUT2D eigenvalue weighted by atomic mass is 10.4. The van der Waals surface area contributed by atoms with Gasteiger partial charge < -0.3 is 4.72 Å². The number of halogens is 2. The fraction of sp³-hybridized carbons (Fsp3) is 0.154. The van der Waals surface area contributed by atoms with E-state index < -0.39 is 0 Å². The first kappa shape index (κ1) is 15.2. The van der Waals surface area contributed by atoms with Crippen LogP contribution < -0.4 is 4.72 Å². The average molecular weight is 301 g/mol. The molecule has 18 heavy (non-hydrogen) atoms. The fourth-order valence-corrected chi connectivity index (χ4v) is 2.24. The molecule has 2 rings (SSSR count). The molecular formula is C13H14Cl2N2S. The van der Waals surface area contributed by atoms with Crippen molar-refractivity contribution in [2.45, 2.75) is 18.7 Å². The van der Waals surface area contributed by atoms with Crippen molar-refractivity contribution in [3.63, 3.8) is 0 Å². The van der Waals surface area contributed by atoms with E-state index >= 15 is 0 Å². The summed E-state index contributed by atoms with van der Waals surface area (Å²) in [6.07, 6.45) is 0. The zero-order valence-electron chi connectivity index (χ0n) is 10.2. The summed E-state index contributed by atoms with van der Waals surface area (Å²) in [5.74, 6) is 0. The van der Waals surface area contributed by atoms with Gasteiger partial charge in [-0.2, -0.15) is 0 Å². The molecular weight excluding hydrogens is 287 g/mol. The number of hydrogen-bond donors (Lipinski definition) is 1. The Bertz CT molecular complexity index is 457. The van der Waals surface area contributed by atoms with E-state index in [1.807, 2.05) is 44.2 Å². The molecule has 1 aromatic heterocycles. The molecule has 2 nitrogen and oxygen atoms in total. The average Bonchev–Trinajstić information content (AvgIpc) is 2.39. The zero-order chi connectivity index (χ0) is 13.4. The normalized spacial score (nSPS) is 9.33. The van der Waals surface area contributed by atoms with Gasteiger partial charge in [0.1, 0.15) is 10.3 Å². The Balaban J connectivity index is 0.000000771. The Labute approximate surface area is 122 Å². The Kier molecular flexibility index (Phi) is 6.94. The second-order valence-electron chi connectivity index (χ2n) is 3.02. The Hall–Kier alpha value is -0.900. The number of anilines is 1. The second kappa shape index (κ2) is 8.25. The van der Waals surface area contributed by atoms with Gasteiger partial charge in [-0.25, -0.2) is 4.98 Å². The molecule has 0 atom stereocenters. The molecule has 1 N–H and O–H groups in total. The summed E-state index contributed by atoms with van der Waals surface area (Å²) >= 11 is 13.1. The van der Waals surface area contributed by atoms with Crippen LogP contribution in [0.15, 0.2) is 47.4 Å². The summed E-state index contributed by atoms with van der Waals surface area (Å²) < 4.78 is 3.15. The second-order valence-corrected chi connectivity index (χ2v) is 4.67. The molecule has 0 unspecified atom stereocenters. The van der Waals surface area contributed by atoms with Gasteiger partial charge in [0.05, 0.1) is 5.69 Å². The van der Waals surface area contributed by atoms with Crippen LogP contribution in [0, 0.1) is 0 Å². The lowest BCUT2D eigenvalue weighted by Crippen LogP contribution is -1.88. The summed E-state index contributed by atoms with van der Waals surface area (Å²) in [5.41, 5.74) is 0.832. The molecule has 1 heterocycles. The molecule has 0 amide bonds. The number of nitrogens with zero attached hydrogens (tertiary/aromatic N) is 1. The van der Waals surface area contributed by atoms with Gasteiger partial charge in [-0.15, -0.1) is 0 Å². The van der Waals surface area contributed by atoms with Crippen molar-refractivity contribution in [2.24, 2.45) is 0 Å². The molecule has 1 aromatic carbocycles. The van der Waals surface area contributed by atoms with Crippen LogP contribution >= 0.6 is 35.1 Å². The first-order chi connectivity index (χ1) is 8.74. The van der Waals surface area contributed by atoms with Gasteiger partial charge in [-0.1, -0.05) is 55.2 Å². The van der Waals surface area contributed by atoms with Crippen LogP contribution in [0.1, 0.15) is 13.8 Å². The zero-order valence-corrected chi connectivity index (χ0v) is 12.5. The monoisotopic (exact) mass is 300 g/mol. The SMILES string of the molecule is CC.Clc1cc(NSc2ccccc2)cc(Cl)n1. The lowest BCUT2D eigenvalue weighted by Gasteiger charge is -2.05. The number of pyridine rings is 1. The van der Waals surface area contributed by atoms with Gasteiger partial charge in [0.25, 0.3) is 0 Å². The van der Waals surface area contributed by atoms with E-state index in [9.17, 15) is 0 Å². The topological polar surface area (TPSA) is 24.9 Å². The minimum absolute atomic E-state index is 0.378. The van der Waals surface area contributed by atoms with Crippen molar-refractivity contribution in [2.75, 3.05) is 4.72 Å². The predicted molar refractivity (Wildman–Crippen MR) is 81.5 cm³/mol. The fourth-order valence-electron chi connectivity index (χ4n) is 1.13. The van der Waals surface area contributed by atoms with E-state index in [-0.39, 0.29) is 0 Å². The smallest absolute Gasteiger partial charge is 0.132 e. The third-order valence-corrected chi connectivity index (χ3v) is 3.03. The molecule has 5 heteroatoms. The number of hydrogen-bond acceptors (Lipinski definition) is 3. The minimum Gasteiger partial charge on any atom is -0.325 e. The van der Waals surface area contributed by atoms with E-state index in [1.165, 1.54) is 11.9 Å². The molecule has 0 aliphatic rings. The molecule has 0 fully saturated rings. The maximum atomic E-state index is 5.79. The van der Waals surface area contributed by atoms with Gasteiger partial charge in [-0.3, -0.25) is 0 Å². The first-order valence-corrected chi connectivity index (χ1v) is 7.12. The first-order valence-electron chi connectivity index (χ1n) is 5.55. The van der Waals surface area contributed by atoms with Crippen LogP contribution in [0.5, 0.6) is 0 Å². The summed E-state index contributed by atoms with van der Waals surface area (Å²) in [6.45, 7) is 4.00. The molecule has 0 saturated heterocycles. The Morgan fingerprint density at radius 3 is 2.11 bits per heavy atom. The van der Waals surface area contributed by atoms with E-state index in [0.29, 0.717) is 10.3 Å². The highest BCUT2D eigenvalue weighted by Gasteiger charge is 1.99. The molecule has 0 aliphatic heterocycles. The van der Waals surface area contributed by atoms with Crippen LogP contribution in [-0.2, 0) is 0 Å². The van der Waals surface area contributed by atoms with Gasteiger partial charge in [0, 0.05) is 4.90 Å². The van der Waals surface area contributed by atoms with E-state index in [1.54, 1.807) is 12.1 Å². The van der Waals surface area contributed by atoms with Crippen LogP contribution in [0.4, 0.5) is 5.69 Å². The standard InChI is InChI=1S/C11H8Cl2N2S.C2H6/c12-10-6-8(7-11(13)14-10)15-16-9-4-2-1-3-5-9;1-2/h1-7H,(H,14,15);1-2H3. The highest BCUT2D eigenvalue weighted by atomic mass is 35.5. The molecule has 2 aromatic rings. The van der Waals surface area contributed by atoms with Gasteiger partial charge in [0.2, 0.25) is 0 Å². The van der Waals surface area contributed by atoms with Crippen LogP contribution in [-0.4, -0.2) is 4.98 Å². The van der Waals surface area contributed by atoms with Gasteiger partial charge in [0.15, 0.2) is 0 Å². The number of aromatic nitrogens is 1. The van der Waals surface area contributed by atoms with Crippen molar-refractivity contribution in [3.8, 4) is 0 Å². The maximum absolute atomic E-state index is 5.79. The van der Waals surface area contributed by atoms with Gasteiger partial charge >= 0.3 is 0 Å². The predicted octanol–water partition coefficient (Wildman–Crippen LogP) is 5.53. The summed E-state index contributed by atoms with van der Waals surface area (Å²) in [6, 6.07) is 13.4. The number of rotatable bonds is 3. The van der Waals surface area contributed by atoms with Crippen LogP contribution in [0.3, 0.4) is 0 Å². The molecule has 0 saturated carbocycles. The van der Waals surface area contributed by atoms with E-state index in [2.05, 4.69) is 9.71 Å². The molecule has 96 valence electrons. The van der Waals surface area contributed by atoms with Crippen molar-refractivity contribution in [1.29, 1.82) is 0 Å². The van der Waals surface area contributed by atoms with E-state index in [4.69, 9.17) is 23.2 Å². The minimum atomic E-state index is 0.378. The molecule has 0 aliphatic carbocycles. The molecule has 0 bridgehead atoms. The third-order valence-electron chi connectivity index (χ3n) is 1.79. The van der Waals surface area contributed by atoms with Gasteiger partial charge in [-0.05, 0) is 36.2 Å². The quantitative estimate of drug-likeness (QED) is 0.595. The van der Waals surface area contributed by atoms with Crippen molar-refractivity contribution >= 4 is 40.8 Å². The summed E-state index contributed by atoms with van der Waals surface area (Å²) in [7, 11) is 0. The number of benzene rings is 1. The summed E-state index contributed by atoms with van der Waals surface area (Å²) in [4.78, 5) is 4.99. The van der Waals surface area contributed by atoms with Crippen molar-refractivity contribution < 1.29 is 0 Å². The van der Waals surface area contributed by atoms with Crippen molar-refractivity contribution in [1.82, 2.24) is 4.98 Å². The van der Waals surface area contributed by atoms with Crippen LogP contribution in [0.25, 0.3) is 0 Å².